The molecule has 9 nitrogen and oxygen atoms in total. The number of nitrogens with one attached hydrogen (secondary N) is 1. The van der Waals surface area contributed by atoms with Gasteiger partial charge in [0.25, 0.3) is 0 Å². The van der Waals surface area contributed by atoms with Crippen molar-refractivity contribution in [2.45, 2.75) is 0 Å². The van der Waals surface area contributed by atoms with Gasteiger partial charge in [0.2, 0.25) is 0 Å². The number of hydrogen-bond acceptors (Lipinski definition) is 8. The average Bonchev–Trinajstić information content (AvgIpc) is 2.71. The van der Waals surface area contributed by atoms with Crippen LogP contribution in [0.2, 0.25) is 0 Å². The predicted molar refractivity (Wildman–Crippen MR) is 111 cm³/mol. The number of aromatic hydroxyl groups is 4. The molecule has 7 N–H and O–H groups in total. The highest BCUT2D eigenvalue weighted by Crippen LogP contribution is 2.30. The summed E-state index contributed by atoms with van der Waals surface area (Å²) in [5, 5.41) is 41.9. The van der Waals surface area contributed by atoms with E-state index in [-0.39, 0.29) is 40.4 Å². The molecule has 2 aromatic rings. The van der Waals surface area contributed by atoms with E-state index in [9.17, 15) is 20.4 Å². The molecule has 1 aliphatic heterocycles. The Morgan fingerprint density at radius 3 is 1.90 bits per heavy atom. The van der Waals surface area contributed by atoms with Crippen LogP contribution in [0.1, 0.15) is 11.1 Å². The number of rotatable bonds is 4. The van der Waals surface area contributed by atoms with Crippen LogP contribution < -0.4 is 11.1 Å². The van der Waals surface area contributed by atoms with E-state index in [0.717, 1.165) is 0 Å². The first-order valence-corrected chi connectivity index (χ1v) is 8.44. The van der Waals surface area contributed by atoms with Crippen LogP contribution in [-0.2, 0) is 0 Å². The number of phenols is 4. The number of aliphatic imine (C=N–C) groups is 3. The number of hydrogen-bond donors (Lipinski definition) is 6. The van der Waals surface area contributed by atoms with Gasteiger partial charge in [-0.3, -0.25) is 0 Å². The number of amidine groups is 1. The maximum Gasteiger partial charge on any atom is 0.182 e. The Labute approximate surface area is 166 Å². The van der Waals surface area contributed by atoms with Gasteiger partial charge in [-0.1, -0.05) is 6.58 Å². The second kappa shape index (κ2) is 7.77. The lowest BCUT2D eigenvalue weighted by Gasteiger charge is -2.19. The lowest BCUT2D eigenvalue weighted by molar-refractivity contribution is 0.403. The smallest absolute Gasteiger partial charge is 0.182 e. The monoisotopic (exact) mass is 393 g/mol. The van der Waals surface area contributed by atoms with Gasteiger partial charge in [0, 0.05) is 24.4 Å². The second-order valence-electron chi connectivity index (χ2n) is 5.98. The highest BCUT2D eigenvalue weighted by Gasteiger charge is 2.25. The molecule has 1 heterocycles. The molecule has 0 radical (unpaired) electrons. The van der Waals surface area contributed by atoms with E-state index in [1.807, 2.05) is 0 Å². The van der Waals surface area contributed by atoms with Crippen molar-refractivity contribution in [1.82, 2.24) is 5.32 Å². The summed E-state index contributed by atoms with van der Waals surface area (Å²) in [6.45, 7) is 3.57. The van der Waals surface area contributed by atoms with E-state index in [4.69, 9.17) is 5.73 Å². The molecule has 148 valence electrons. The Balaban J connectivity index is 2.30. The molecule has 0 spiro atoms. The van der Waals surface area contributed by atoms with Crippen molar-refractivity contribution in [2.75, 3.05) is 7.05 Å². The minimum atomic E-state index is -0.337. The maximum atomic E-state index is 9.92. The van der Waals surface area contributed by atoms with Crippen LogP contribution in [0, 0.1) is 0 Å². The standard InChI is InChI=1S/C20H19N5O4/c1-3-23-20-18(19(21)22-2)24-16(10-4-6-12(26)14(28)8-10)17(25-20)11-5-7-13(27)15(29)9-11/h3-9,22,26-29H,1,21H2,2H3/b19-18-,23-20+. The zero-order chi connectivity index (χ0) is 21.1. The second-order valence-corrected chi connectivity index (χ2v) is 5.98. The Hall–Kier alpha value is -4.27. The highest BCUT2D eigenvalue weighted by atomic mass is 16.3. The topological polar surface area (TPSA) is 156 Å². The minimum Gasteiger partial charge on any atom is -0.504 e. The van der Waals surface area contributed by atoms with Gasteiger partial charge < -0.3 is 31.5 Å². The van der Waals surface area contributed by atoms with Crippen molar-refractivity contribution in [2.24, 2.45) is 20.7 Å². The molecule has 0 aromatic heterocycles. The summed E-state index contributed by atoms with van der Waals surface area (Å²) < 4.78 is 0. The van der Waals surface area contributed by atoms with Gasteiger partial charge >= 0.3 is 0 Å². The normalized spacial score (nSPS) is 16.8. The number of nitrogens with zero attached hydrogens (tertiary/aromatic N) is 3. The first-order valence-electron chi connectivity index (χ1n) is 8.44. The summed E-state index contributed by atoms with van der Waals surface area (Å²) in [6.07, 6.45) is 1.29. The summed E-state index contributed by atoms with van der Waals surface area (Å²) in [5.74, 6) is -0.855. The SMILES string of the molecule is C=C/N=C1/N=C(c2ccc(O)c(O)c2)C(c2ccc(O)c(O)c2)=N/C1=C(/N)NC. The molecule has 0 saturated carbocycles. The summed E-state index contributed by atoms with van der Waals surface area (Å²) >= 11 is 0. The Morgan fingerprint density at radius 2 is 1.45 bits per heavy atom. The Morgan fingerprint density at radius 1 is 0.931 bits per heavy atom. The highest BCUT2D eigenvalue weighted by molar-refractivity contribution is 6.56. The van der Waals surface area contributed by atoms with Crippen molar-refractivity contribution >= 4 is 17.3 Å². The Kier molecular flexibility index (Phi) is 5.22. The van der Waals surface area contributed by atoms with Crippen molar-refractivity contribution in [3.8, 4) is 23.0 Å². The van der Waals surface area contributed by atoms with Crippen molar-refractivity contribution in [1.29, 1.82) is 0 Å². The molecule has 0 atom stereocenters. The molecule has 0 aliphatic carbocycles. The van der Waals surface area contributed by atoms with Crippen LogP contribution in [0.4, 0.5) is 0 Å². The minimum absolute atomic E-state index is 0.182. The third-order valence-corrected chi connectivity index (χ3v) is 4.11. The molecule has 2 aromatic carbocycles. The van der Waals surface area contributed by atoms with Gasteiger partial charge in [-0.05, 0) is 36.4 Å². The molecule has 29 heavy (non-hydrogen) atoms. The third kappa shape index (κ3) is 3.74. The van der Waals surface area contributed by atoms with Crippen LogP contribution in [0.25, 0.3) is 0 Å². The lowest BCUT2D eigenvalue weighted by Crippen LogP contribution is -2.28. The molecular weight excluding hydrogens is 374 g/mol. The van der Waals surface area contributed by atoms with Crippen molar-refractivity contribution < 1.29 is 20.4 Å². The van der Waals surface area contributed by atoms with E-state index in [0.29, 0.717) is 22.6 Å². The summed E-state index contributed by atoms with van der Waals surface area (Å²) in [5.41, 5.74) is 7.74. The Bertz CT molecular complexity index is 1120. The van der Waals surface area contributed by atoms with E-state index in [1.165, 1.54) is 30.5 Å². The van der Waals surface area contributed by atoms with Gasteiger partial charge in [0.05, 0.1) is 11.4 Å². The molecule has 0 fully saturated rings. The van der Waals surface area contributed by atoms with Crippen LogP contribution >= 0.6 is 0 Å². The summed E-state index contributed by atoms with van der Waals surface area (Å²) in [7, 11) is 1.62. The van der Waals surface area contributed by atoms with Crippen molar-refractivity contribution in [3.63, 3.8) is 0 Å². The number of nitrogens with two attached hydrogens (primary N) is 1. The van der Waals surface area contributed by atoms with Gasteiger partial charge in [-0.15, -0.1) is 0 Å². The largest absolute Gasteiger partial charge is 0.504 e. The number of phenolic OH excluding ortho intramolecular Hbond substituents is 4. The van der Waals surface area contributed by atoms with Crippen LogP contribution in [0.15, 0.2) is 75.7 Å². The van der Waals surface area contributed by atoms with Gasteiger partial charge in [-0.2, -0.15) is 0 Å². The molecule has 0 bridgehead atoms. The zero-order valence-electron chi connectivity index (χ0n) is 15.5. The average molecular weight is 393 g/mol. The molecule has 1 aliphatic rings. The fraction of sp³-hybridized carbons (Fsp3) is 0.0500. The molecule has 0 saturated heterocycles. The van der Waals surface area contributed by atoms with E-state index < -0.39 is 0 Å². The van der Waals surface area contributed by atoms with Crippen LogP contribution in [-0.4, -0.2) is 44.7 Å². The maximum absolute atomic E-state index is 9.92. The van der Waals surface area contributed by atoms with Gasteiger partial charge in [0.15, 0.2) is 28.8 Å². The lowest BCUT2D eigenvalue weighted by atomic mass is 9.97. The van der Waals surface area contributed by atoms with Crippen LogP contribution in [0.3, 0.4) is 0 Å². The van der Waals surface area contributed by atoms with E-state index >= 15 is 0 Å². The first kappa shape index (κ1) is 19.5. The fourth-order valence-corrected chi connectivity index (χ4v) is 2.65. The van der Waals surface area contributed by atoms with E-state index in [1.54, 1.807) is 19.2 Å². The zero-order valence-corrected chi connectivity index (χ0v) is 15.5. The molecule has 0 unspecified atom stereocenters. The van der Waals surface area contributed by atoms with Crippen molar-refractivity contribution in [3.05, 3.63) is 71.8 Å². The van der Waals surface area contributed by atoms with Gasteiger partial charge in [0.1, 0.15) is 11.5 Å². The van der Waals surface area contributed by atoms with E-state index in [2.05, 4.69) is 26.9 Å². The quantitative estimate of drug-likeness (QED) is 0.434. The molecule has 0 amide bonds. The third-order valence-electron chi connectivity index (χ3n) is 4.11. The van der Waals surface area contributed by atoms with Gasteiger partial charge in [-0.25, -0.2) is 15.0 Å². The first-order chi connectivity index (χ1) is 13.8. The molecular formula is C20H19N5O4. The predicted octanol–water partition coefficient (Wildman–Crippen LogP) is 1.69. The summed E-state index contributed by atoms with van der Waals surface area (Å²) in [6, 6.07) is 8.38. The molecule has 9 heteroatoms. The summed E-state index contributed by atoms with van der Waals surface area (Å²) in [4.78, 5) is 13.2. The van der Waals surface area contributed by atoms with Crippen LogP contribution in [0.5, 0.6) is 23.0 Å². The molecule has 3 rings (SSSR count). The number of benzene rings is 2. The fourth-order valence-electron chi connectivity index (χ4n) is 2.65.